The van der Waals surface area contributed by atoms with Crippen molar-refractivity contribution in [1.29, 1.82) is 0 Å². The highest BCUT2D eigenvalue weighted by Gasteiger charge is 2.41. The minimum Gasteiger partial charge on any atom is -0.471 e. The smallest absolute Gasteiger partial charge is 0.245 e. The largest absolute Gasteiger partial charge is 0.471 e. The van der Waals surface area contributed by atoms with Gasteiger partial charge in [-0.1, -0.05) is 30.3 Å². The molecule has 4 aromatic rings. The minimum absolute atomic E-state index is 0.0342. The van der Waals surface area contributed by atoms with Crippen LogP contribution in [0.25, 0.3) is 22.6 Å². The third-order valence-corrected chi connectivity index (χ3v) is 6.89. The lowest BCUT2D eigenvalue weighted by Gasteiger charge is -2.37. The van der Waals surface area contributed by atoms with Crippen LogP contribution in [0, 0.1) is 6.92 Å². The maximum Gasteiger partial charge on any atom is 0.245 e. The van der Waals surface area contributed by atoms with Gasteiger partial charge < -0.3 is 18.9 Å². The first-order valence-electron chi connectivity index (χ1n) is 12.2. The molecule has 1 aliphatic heterocycles. The van der Waals surface area contributed by atoms with Crippen LogP contribution in [-0.4, -0.2) is 60.1 Å². The number of likely N-dealkylation sites (tertiary alicyclic amines) is 1. The predicted molar refractivity (Wildman–Crippen MR) is 134 cm³/mol. The fourth-order valence-electron chi connectivity index (χ4n) is 4.39. The van der Waals surface area contributed by atoms with Crippen LogP contribution in [0.4, 0.5) is 0 Å². The number of pyridine rings is 1. The highest BCUT2D eigenvalue weighted by molar-refractivity contribution is 5.82. The van der Waals surface area contributed by atoms with E-state index in [1.54, 1.807) is 24.3 Å². The van der Waals surface area contributed by atoms with Crippen molar-refractivity contribution in [2.75, 3.05) is 13.1 Å². The summed E-state index contributed by atoms with van der Waals surface area (Å²) in [6, 6.07) is 12.2. The van der Waals surface area contributed by atoms with Gasteiger partial charge in [-0.3, -0.25) is 4.79 Å². The third kappa shape index (κ3) is 4.25. The van der Waals surface area contributed by atoms with E-state index in [1.165, 1.54) is 0 Å². The van der Waals surface area contributed by atoms with Crippen LogP contribution in [0.2, 0.25) is 0 Å². The molecule has 1 saturated carbocycles. The SMILES string of the molecule is CC(=O)N1CC(Oc2cc(C)c(-c3nc4c(OC5(C)CC5)ncnc4n3Cc3ccccc3)cn2)C1. The van der Waals surface area contributed by atoms with Crippen molar-refractivity contribution in [2.24, 2.45) is 0 Å². The van der Waals surface area contributed by atoms with Crippen molar-refractivity contribution in [3.8, 4) is 23.1 Å². The van der Waals surface area contributed by atoms with E-state index in [2.05, 4.69) is 38.6 Å². The number of carbonyl (C=O) groups is 1. The molecule has 1 amide bonds. The van der Waals surface area contributed by atoms with E-state index in [0.29, 0.717) is 36.9 Å². The molecule has 1 saturated heterocycles. The van der Waals surface area contributed by atoms with Gasteiger partial charge in [0.15, 0.2) is 11.2 Å². The average Bonchev–Trinajstić information content (AvgIpc) is 3.45. The van der Waals surface area contributed by atoms with E-state index < -0.39 is 0 Å². The number of rotatable bonds is 7. The zero-order chi connectivity index (χ0) is 24.9. The number of ether oxygens (including phenoxy) is 2. The lowest BCUT2D eigenvalue weighted by Crippen LogP contribution is -2.55. The number of aromatic nitrogens is 5. The number of imidazole rings is 1. The van der Waals surface area contributed by atoms with Crippen molar-refractivity contribution in [3.05, 3.63) is 60.0 Å². The Morgan fingerprint density at radius 3 is 2.61 bits per heavy atom. The summed E-state index contributed by atoms with van der Waals surface area (Å²) >= 11 is 0. The van der Waals surface area contributed by atoms with Crippen LogP contribution in [0.1, 0.15) is 37.8 Å². The molecular weight excluding hydrogens is 456 g/mol. The van der Waals surface area contributed by atoms with Crippen LogP contribution in [0.5, 0.6) is 11.8 Å². The fraction of sp³-hybridized carbons (Fsp3) is 0.370. The highest BCUT2D eigenvalue weighted by atomic mass is 16.5. The monoisotopic (exact) mass is 484 g/mol. The number of hydrogen-bond acceptors (Lipinski definition) is 7. The maximum absolute atomic E-state index is 11.4. The van der Waals surface area contributed by atoms with Crippen molar-refractivity contribution in [3.63, 3.8) is 0 Å². The van der Waals surface area contributed by atoms with Crippen molar-refractivity contribution < 1.29 is 14.3 Å². The lowest BCUT2D eigenvalue weighted by atomic mass is 10.1. The molecule has 0 radical (unpaired) electrons. The molecule has 4 heterocycles. The van der Waals surface area contributed by atoms with Gasteiger partial charge in [-0.05, 0) is 37.8 Å². The predicted octanol–water partition coefficient (Wildman–Crippen LogP) is 3.79. The van der Waals surface area contributed by atoms with E-state index in [9.17, 15) is 4.79 Å². The Kier molecular flexibility index (Phi) is 5.35. The summed E-state index contributed by atoms with van der Waals surface area (Å²) in [5, 5.41) is 0. The molecule has 0 spiro atoms. The molecule has 3 aromatic heterocycles. The molecule has 0 bridgehead atoms. The van der Waals surface area contributed by atoms with Gasteiger partial charge in [0.05, 0.1) is 19.6 Å². The fourth-order valence-corrected chi connectivity index (χ4v) is 4.39. The van der Waals surface area contributed by atoms with Crippen LogP contribution in [-0.2, 0) is 11.3 Å². The first-order valence-corrected chi connectivity index (χ1v) is 12.2. The normalized spacial score (nSPS) is 16.6. The van der Waals surface area contributed by atoms with E-state index in [4.69, 9.17) is 14.5 Å². The second-order valence-electron chi connectivity index (χ2n) is 9.91. The number of fused-ring (bicyclic) bond motifs is 1. The minimum atomic E-state index is -0.180. The summed E-state index contributed by atoms with van der Waals surface area (Å²) in [5.74, 6) is 1.87. The maximum atomic E-state index is 11.4. The molecule has 36 heavy (non-hydrogen) atoms. The van der Waals surface area contributed by atoms with Gasteiger partial charge >= 0.3 is 0 Å². The zero-order valence-corrected chi connectivity index (χ0v) is 20.6. The number of aryl methyl sites for hydroxylation is 1. The molecule has 0 atom stereocenters. The number of hydrogen-bond donors (Lipinski definition) is 0. The summed E-state index contributed by atoms with van der Waals surface area (Å²) < 4.78 is 14.3. The van der Waals surface area contributed by atoms with Crippen LogP contribution in [0.15, 0.2) is 48.9 Å². The van der Waals surface area contributed by atoms with Gasteiger partial charge in [0.2, 0.25) is 17.7 Å². The number of benzene rings is 1. The molecule has 1 aliphatic carbocycles. The Bertz CT molecular complexity index is 1440. The first-order chi connectivity index (χ1) is 17.4. The molecule has 184 valence electrons. The van der Waals surface area contributed by atoms with Crippen LogP contribution < -0.4 is 9.47 Å². The molecule has 9 heteroatoms. The molecule has 6 rings (SSSR count). The molecule has 0 N–H and O–H groups in total. The highest BCUT2D eigenvalue weighted by Crippen LogP contribution is 2.41. The van der Waals surface area contributed by atoms with E-state index in [1.807, 2.05) is 31.2 Å². The molecule has 1 aromatic carbocycles. The summed E-state index contributed by atoms with van der Waals surface area (Å²) in [5.41, 5.74) is 4.20. The summed E-state index contributed by atoms with van der Waals surface area (Å²) in [6.45, 7) is 7.46. The summed E-state index contributed by atoms with van der Waals surface area (Å²) in [6.07, 6.45) is 5.32. The zero-order valence-electron chi connectivity index (χ0n) is 20.6. The Labute approximate surface area is 209 Å². The van der Waals surface area contributed by atoms with E-state index in [0.717, 1.165) is 41.0 Å². The first kappa shape index (κ1) is 22.5. The third-order valence-electron chi connectivity index (χ3n) is 6.89. The van der Waals surface area contributed by atoms with Gasteiger partial charge in [0.25, 0.3) is 0 Å². The van der Waals surface area contributed by atoms with Gasteiger partial charge in [-0.15, -0.1) is 0 Å². The molecule has 0 unspecified atom stereocenters. The molecule has 9 nitrogen and oxygen atoms in total. The number of carbonyl (C=O) groups excluding carboxylic acids is 1. The van der Waals surface area contributed by atoms with E-state index in [-0.39, 0.29) is 17.6 Å². The van der Waals surface area contributed by atoms with Crippen molar-refractivity contribution in [2.45, 2.75) is 51.9 Å². The van der Waals surface area contributed by atoms with Crippen molar-refractivity contribution in [1.82, 2.24) is 29.4 Å². The van der Waals surface area contributed by atoms with Gasteiger partial charge in [-0.2, -0.15) is 4.98 Å². The summed E-state index contributed by atoms with van der Waals surface area (Å²) in [4.78, 5) is 31.8. The van der Waals surface area contributed by atoms with Gasteiger partial charge in [0.1, 0.15) is 23.9 Å². The Hall–Kier alpha value is -4.01. The van der Waals surface area contributed by atoms with Crippen LogP contribution in [0.3, 0.4) is 0 Å². The van der Waals surface area contributed by atoms with E-state index >= 15 is 0 Å². The second kappa shape index (κ2) is 8.58. The Morgan fingerprint density at radius 2 is 1.92 bits per heavy atom. The number of nitrogens with zero attached hydrogens (tertiary/aromatic N) is 6. The van der Waals surface area contributed by atoms with Crippen molar-refractivity contribution >= 4 is 17.1 Å². The molecule has 2 fully saturated rings. The Balaban J connectivity index is 1.37. The quantitative estimate of drug-likeness (QED) is 0.394. The topological polar surface area (TPSA) is 95.3 Å². The second-order valence-corrected chi connectivity index (χ2v) is 9.91. The lowest BCUT2D eigenvalue weighted by molar-refractivity contribution is -0.137. The average molecular weight is 485 g/mol. The van der Waals surface area contributed by atoms with Crippen LogP contribution >= 0.6 is 0 Å². The number of amides is 1. The van der Waals surface area contributed by atoms with Gasteiger partial charge in [0, 0.05) is 24.8 Å². The molecular formula is C27H28N6O3. The molecule has 2 aliphatic rings. The summed E-state index contributed by atoms with van der Waals surface area (Å²) in [7, 11) is 0. The van der Waals surface area contributed by atoms with Gasteiger partial charge in [-0.25, -0.2) is 15.0 Å². The standard InChI is InChI=1S/C27H28N6O3/c1-17-11-22(35-20-14-32(15-20)18(2)34)28-12-21(17)24-31-23-25(33(24)13-19-7-5-4-6-8-19)29-16-30-26(23)36-27(3)9-10-27/h4-8,11-12,16,20H,9-10,13-15H2,1-3H3. The Morgan fingerprint density at radius 1 is 1.14 bits per heavy atom.